The number of benzene rings is 3. The number of halogens is 1. The van der Waals surface area contributed by atoms with Crippen molar-refractivity contribution in [1.82, 2.24) is 4.90 Å². The Labute approximate surface area is 227 Å². The van der Waals surface area contributed by atoms with Crippen molar-refractivity contribution < 1.29 is 26.9 Å². The number of amides is 3. The Morgan fingerprint density at radius 3 is 2.32 bits per heavy atom. The summed E-state index contributed by atoms with van der Waals surface area (Å²) in [6.45, 7) is 5.22. The lowest BCUT2D eigenvalue weighted by atomic mass is 10.1. The molecule has 38 heavy (non-hydrogen) atoms. The summed E-state index contributed by atoms with van der Waals surface area (Å²) in [6, 6.07) is 16.6. The van der Waals surface area contributed by atoms with E-state index in [9.17, 15) is 18.0 Å². The molecule has 11 heteroatoms. The molecule has 2 N–H and O–H groups in total. The van der Waals surface area contributed by atoms with Gasteiger partial charge in [0, 0.05) is 29.2 Å². The van der Waals surface area contributed by atoms with E-state index in [0.29, 0.717) is 34.1 Å². The van der Waals surface area contributed by atoms with Crippen LogP contribution in [0.4, 0.5) is 16.2 Å². The fraction of sp³-hybridized carbons (Fsp3) is 0.259. The Kier molecular flexibility index (Phi) is 9.60. The lowest BCUT2D eigenvalue weighted by Crippen LogP contribution is -2.40. The number of methoxy groups -OCH3 is 1. The third-order valence-corrected chi connectivity index (χ3v) is 7.24. The van der Waals surface area contributed by atoms with Crippen LogP contribution >= 0.6 is 11.6 Å². The van der Waals surface area contributed by atoms with E-state index in [2.05, 4.69) is 10.6 Å². The first-order chi connectivity index (χ1) is 18.0. The zero-order chi connectivity index (χ0) is 27.9. The SMILES string of the molecule is CCC(C)N(Cc1cc(Cl)ccc1OS(=O)(=O)c1ccc(NC(C)=O)cc1)C(=O)Nc1ccccc1OC. The van der Waals surface area contributed by atoms with E-state index in [0.717, 1.165) is 0 Å². The number of carbonyl (C=O) groups is 2. The minimum atomic E-state index is -4.22. The summed E-state index contributed by atoms with van der Waals surface area (Å²) < 4.78 is 36.9. The molecular formula is C27H30ClN3O6S. The minimum absolute atomic E-state index is 0.0306. The van der Waals surface area contributed by atoms with Crippen molar-refractivity contribution in [2.45, 2.75) is 44.7 Å². The third kappa shape index (κ3) is 7.39. The van der Waals surface area contributed by atoms with Gasteiger partial charge in [0.2, 0.25) is 5.91 Å². The van der Waals surface area contributed by atoms with Crippen LogP contribution < -0.4 is 19.6 Å². The molecule has 0 fully saturated rings. The second-order valence-corrected chi connectivity index (χ2v) is 10.5. The highest BCUT2D eigenvalue weighted by molar-refractivity contribution is 7.87. The Morgan fingerprint density at radius 1 is 1.00 bits per heavy atom. The van der Waals surface area contributed by atoms with E-state index in [4.69, 9.17) is 20.5 Å². The van der Waals surface area contributed by atoms with Crippen molar-refractivity contribution in [3.05, 3.63) is 77.3 Å². The second kappa shape index (κ2) is 12.7. The molecule has 0 spiro atoms. The molecule has 3 rings (SSSR count). The van der Waals surface area contributed by atoms with Crippen molar-refractivity contribution in [2.75, 3.05) is 17.7 Å². The number of rotatable bonds is 10. The Morgan fingerprint density at radius 2 is 1.68 bits per heavy atom. The van der Waals surface area contributed by atoms with Crippen LogP contribution in [-0.2, 0) is 21.5 Å². The number of hydrogen-bond donors (Lipinski definition) is 2. The summed E-state index contributed by atoms with van der Waals surface area (Å²) >= 11 is 6.23. The lowest BCUT2D eigenvalue weighted by Gasteiger charge is -2.29. The van der Waals surface area contributed by atoms with Gasteiger partial charge in [-0.05, 0) is 67.9 Å². The van der Waals surface area contributed by atoms with E-state index in [1.54, 1.807) is 35.2 Å². The van der Waals surface area contributed by atoms with E-state index in [1.807, 2.05) is 13.8 Å². The lowest BCUT2D eigenvalue weighted by molar-refractivity contribution is -0.114. The summed E-state index contributed by atoms with van der Waals surface area (Å²) in [5, 5.41) is 5.80. The molecule has 0 heterocycles. The fourth-order valence-corrected chi connectivity index (χ4v) is 4.75. The molecule has 1 atom stereocenters. The van der Waals surface area contributed by atoms with Crippen LogP contribution in [0.5, 0.6) is 11.5 Å². The number of ether oxygens (including phenoxy) is 1. The smallest absolute Gasteiger partial charge is 0.339 e. The topological polar surface area (TPSA) is 114 Å². The first kappa shape index (κ1) is 28.8. The molecular weight excluding hydrogens is 530 g/mol. The highest BCUT2D eigenvalue weighted by Gasteiger charge is 2.24. The number of nitrogens with one attached hydrogen (secondary N) is 2. The molecule has 9 nitrogen and oxygen atoms in total. The van der Waals surface area contributed by atoms with E-state index < -0.39 is 16.1 Å². The van der Waals surface area contributed by atoms with Gasteiger partial charge in [0.15, 0.2) is 0 Å². The molecule has 0 saturated carbocycles. The van der Waals surface area contributed by atoms with Crippen molar-refractivity contribution in [2.24, 2.45) is 0 Å². The van der Waals surface area contributed by atoms with Crippen LogP contribution in [0.3, 0.4) is 0 Å². The molecule has 0 bridgehead atoms. The zero-order valence-corrected chi connectivity index (χ0v) is 23.1. The zero-order valence-electron chi connectivity index (χ0n) is 21.5. The van der Waals surface area contributed by atoms with E-state index in [1.165, 1.54) is 50.4 Å². The van der Waals surface area contributed by atoms with Crippen molar-refractivity contribution >= 4 is 45.0 Å². The molecule has 0 aliphatic rings. The van der Waals surface area contributed by atoms with Crippen LogP contribution in [0.25, 0.3) is 0 Å². The molecule has 1 unspecified atom stereocenters. The van der Waals surface area contributed by atoms with Gasteiger partial charge in [-0.15, -0.1) is 0 Å². The average Bonchev–Trinajstić information content (AvgIpc) is 2.88. The van der Waals surface area contributed by atoms with Crippen LogP contribution in [0.15, 0.2) is 71.6 Å². The van der Waals surface area contributed by atoms with E-state index in [-0.39, 0.29) is 29.1 Å². The Bertz CT molecular complexity index is 1400. The first-order valence-electron chi connectivity index (χ1n) is 11.8. The highest BCUT2D eigenvalue weighted by atomic mass is 35.5. The quantitative estimate of drug-likeness (QED) is 0.299. The van der Waals surface area contributed by atoms with Gasteiger partial charge >= 0.3 is 16.1 Å². The summed E-state index contributed by atoms with van der Waals surface area (Å²) in [4.78, 5) is 26.0. The minimum Gasteiger partial charge on any atom is -0.495 e. The van der Waals surface area contributed by atoms with Gasteiger partial charge in [0.1, 0.15) is 16.4 Å². The number of hydrogen-bond acceptors (Lipinski definition) is 6. The summed E-state index contributed by atoms with van der Waals surface area (Å²) in [5.74, 6) is 0.273. The normalized spacial score (nSPS) is 11.8. The number of nitrogens with zero attached hydrogens (tertiary/aromatic N) is 1. The molecule has 202 valence electrons. The third-order valence-electron chi connectivity index (χ3n) is 5.76. The molecule has 0 radical (unpaired) electrons. The molecule has 0 aromatic heterocycles. The molecule has 3 amide bonds. The monoisotopic (exact) mass is 559 g/mol. The van der Waals surface area contributed by atoms with Gasteiger partial charge in [-0.2, -0.15) is 8.42 Å². The predicted octanol–water partition coefficient (Wildman–Crippen LogP) is 5.91. The van der Waals surface area contributed by atoms with Crippen LogP contribution in [-0.4, -0.2) is 38.4 Å². The number of anilines is 2. The molecule has 3 aromatic carbocycles. The fourth-order valence-electron chi connectivity index (χ4n) is 3.59. The van der Waals surface area contributed by atoms with Crippen LogP contribution in [0, 0.1) is 0 Å². The maximum absolute atomic E-state index is 13.3. The van der Waals surface area contributed by atoms with Gasteiger partial charge in [0.05, 0.1) is 19.3 Å². The Hall–Kier alpha value is -3.76. The van der Waals surface area contributed by atoms with Crippen molar-refractivity contribution in [3.8, 4) is 11.5 Å². The largest absolute Gasteiger partial charge is 0.495 e. The maximum Gasteiger partial charge on any atom is 0.339 e. The first-order valence-corrected chi connectivity index (χ1v) is 13.6. The number of para-hydroxylation sites is 2. The van der Waals surface area contributed by atoms with Gasteiger partial charge in [-0.1, -0.05) is 30.7 Å². The average molecular weight is 560 g/mol. The summed E-state index contributed by atoms with van der Waals surface area (Å²) in [5.41, 5.74) is 1.36. The summed E-state index contributed by atoms with van der Waals surface area (Å²) in [7, 11) is -2.71. The molecule has 0 aliphatic carbocycles. The van der Waals surface area contributed by atoms with Gasteiger partial charge < -0.3 is 24.5 Å². The molecule has 0 aliphatic heterocycles. The molecule has 3 aromatic rings. The highest BCUT2D eigenvalue weighted by Crippen LogP contribution is 2.30. The van der Waals surface area contributed by atoms with Gasteiger partial charge in [-0.3, -0.25) is 4.79 Å². The number of carbonyl (C=O) groups excluding carboxylic acids is 2. The van der Waals surface area contributed by atoms with Gasteiger partial charge in [-0.25, -0.2) is 4.79 Å². The molecule has 0 saturated heterocycles. The van der Waals surface area contributed by atoms with Crippen molar-refractivity contribution in [3.63, 3.8) is 0 Å². The Balaban J connectivity index is 1.88. The second-order valence-electron chi connectivity index (χ2n) is 8.51. The van der Waals surface area contributed by atoms with Crippen LogP contribution in [0.1, 0.15) is 32.8 Å². The van der Waals surface area contributed by atoms with E-state index >= 15 is 0 Å². The number of urea groups is 1. The van der Waals surface area contributed by atoms with Gasteiger partial charge in [0.25, 0.3) is 0 Å². The predicted molar refractivity (Wildman–Crippen MR) is 147 cm³/mol. The van der Waals surface area contributed by atoms with Crippen LogP contribution in [0.2, 0.25) is 5.02 Å². The summed E-state index contributed by atoms with van der Waals surface area (Å²) in [6.07, 6.45) is 0.648. The maximum atomic E-state index is 13.3. The van der Waals surface area contributed by atoms with Crippen molar-refractivity contribution in [1.29, 1.82) is 0 Å². The standard InChI is InChI=1S/C27H30ClN3O6S/c1-5-18(2)31(27(33)30-24-8-6-7-9-26(24)36-4)17-20-16-21(28)10-15-25(20)37-38(34,35)23-13-11-22(12-14-23)29-19(3)32/h6-16,18H,5,17H2,1-4H3,(H,29,32)(H,30,33).